The Hall–Kier alpha value is -1.85. The molecule has 0 atom stereocenters. The first-order valence-corrected chi connectivity index (χ1v) is 7.75. The minimum atomic E-state index is -0.168. The Morgan fingerprint density at radius 1 is 1.23 bits per heavy atom. The number of halogens is 1. The minimum absolute atomic E-state index is 0.168. The van der Waals surface area contributed by atoms with Gasteiger partial charge in [0.1, 0.15) is 5.75 Å². The fourth-order valence-corrected chi connectivity index (χ4v) is 2.41. The smallest absolute Gasteiger partial charge is 0.255 e. The van der Waals surface area contributed by atoms with E-state index >= 15 is 0 Å². The Kier molecular flexibility index (Phi) is 5.98. The minimum Gasteiger partial charge on any atom is -0.496 e. The van der Waals surface area contributed by atoms with Crippen molar-refractivity contribution < 1.29 is 14.3 Å². The number of hydrogen-bond donors (Lipinski definition) is 1. The zero-order valence-electron chi connectivity index (χ0n) is 12.6. The van der Waals surface area contributed by atoms with Crippen LogP contribution in [0.5, 0.6) is 5.75 Å². The summed E-state index contributed by atoms with van der Waals surface area (Å²) in [5, 5.41) is 2.87. The van der Waals surface area contributed by atoms with E-state index in [0.717, 1.165) is 15.7 Å². The molecule has 22 heavy (non-hydrogen) atoms. The third-order valence-corrected chi connectivity index (χ3v) is 3.58. The molecule has 1 amide bonds. The molecular weight excluding hydrogens is 346 g/mol. The first-order valence-electron chi connectivity index (χ1n) is 6.95. The number of carbonyl (C=O) groups excluding carboxylic acids is 1. The molecule has 0 radical (unpaired) electrons. The lowest BCUT2D eigenvalue weighted by Gasteiger charge is -2.11. The van der Waals surface area contributed by atoms with Crippen LogP contribution in [0.1, 0.15) is 22.8 Å². The summed E-state index contributed by atoms with van der Waals surface area (Å²) in [6.45, 7) is 2.95. The van der Waals surface area contributed by atoms with E-state index in [4.69, 9.17) is 9.47 Å². The highest BCUT2D eigenvalue weighted by molar-refractivity contribution is 9.10. The van der Waals surface area contributed by atoms with Crippen molar-refractivity contribution in [1.29, 1.82) is 0 Å². The second-order valence-electron chi connectivity index (χ2n) is 4.63. The SMILES string of the molecule is CCOCc1cc(C(=O)Nc2cccc(Br)c2)ccc1OC. The summed E-state index contributed by atoms with van der Waals surface area (Å²) < 4.78 is 11.6. The Morgan fingerprint density at radius 2 is 2.05 bits per heavy atom. The van der Waals surface area contributed by atoms with Gasteiger partial charge in [0.15, 0.2) is 0 Å². The van der Waals surface area contributed by atoms with Gasteiger partial charge in [-0.05, 0) is 43.3 Å². The molecule has 0 aliphatic carbocycles. The summed E-state index contributed by atoms with van der Waals surface area (Å²) in [5.74, 6) is 0.547. The fourth-order valence-electron chi connectivity index (χ4n) is 2.01. The van der Waals surface area contributed by atoms with Crippen molar-refractivity contribution in [3.8, 4) is 5.75 Å². The maximum atomic E-state index is 12.3. The number of ether oxygens (including phenoxy) is 2. The van der Waals surface area contributed by atoms with Crippen LogP contribution in [0.2, 0.25) is 0 Å². The number of carbonyl (C=O) groups is 1. The molecule has 4 nitrogen and oxygen atoms in total. The number of nitrogens with one attached hydrogen (secondary N) is 1. The number of hydrogen-bond acceptors (Lipinski definition) is 3. The average molecular weight is 364 g/mol. The van der Waals surface area contributed by atoms with Crippen molar-refractivity contribution in [2.45, 2.75) is 13.5 Å². The molecule has 0 unspecified atom stereocenters. The molecule has 0 bridgehead atoms. The van der Waals surface area contributed by atoms with E-state index in [1.165, 1.54) is 0 Å². The lowest BCUT2D eigenvalue weighted by atomic mass is 10.1. The highest BCUT2D eigenvalue weighted by atomic mass is 79.9. The normalized spacial score (nSPS) is 10.3. The molecule has 2 aromatic rings. The molecule has 0 spiro atoms. The summed E-state index contributed by atoms with van der Waals surface area (Å²) in [6, 6.07) is 12.8. The Bertz CT molecular complexity index is 658. The molecule has 2 rings (SSSR count). The fraction of sp³-hybridized carbons (Fsp3) is 0.235. The molecule has 0 fully saturated rings. The first kappa shape index (κ1) is 16.5. The van der Waals surface area contributed by atoms with Gasteiger partial charge in [-0.15, -0.1) is 0 Å². The van der Waals surface area contributed by atoms with Crippen molar-refractivity contribution in [3.63, 3.8) is 0 Å². The molecule has 1 N–H and O–H groups in total. The van der Waals surface area contributed by atoms with E-state index in [2.05, 4.69) is 21.2 Å². The zero-order valence-corrected chi connectivity index (χ0v) is 14.1. The zero-order chi connectivity index (χ0) is 15.9. The van der Waals surface area contributed by atoms with Crippen LogP contribution in [-0.2, 0) is 11.3 Å². The van der Waals surface area contributed by atoms with Crippen LogP contribution >= 0.6 is 15.9 Å². The molecule has 0 aliphatic heterocycles. The third kappa shape index (κ3) is 4.32. The lowest BCUT2D eigenvalue weighted by molar-refractivity contribution is 0.102. The van der Waals surface area contributed by atoms with Crippen LogP contribution in [0, 0.1) is 0 Å². The number of amides is 1. The average Bonchev–Trinajstić information content (AvgIpc) is 2.52. The monoisotopic (exact) mass is 363 g/mol. The molecular formula is C17H18BrNO3. The largest absolute Gasteiger partial charge is 0.496 e. The van der Waals surface area contributed by atoms with Gasteiger partial charge in [0.25, 0.3) is 5.91 Å². The molecule has 0 aromatic heterocycles. The van der Waals surface area contributed by atoms with Gasteiger partial charge < -0.3 is 14.8 Å². The van der Waals surface area contributed by atoms with Gasteiger partial charge in [0.2, 0.25) is 0 Å². The Balaban J connectivity index is 2.18. The van der Waals surface area contributed by atoms with E-state index in [1.807, 2.05) is 31.2 Å². The van der Waals surface area contributed by atoms with Gasteiger partial charge in [-0.2, -0.15) is 0 Å². The van der Waals surface area contributed by atoms with Crippen LogP contribution in [0.4, 0.5) is 5.69 Å². The van der Waals surface area contributed by atoms with E-state index in [1.54, 1.807) is 25.3 Å². The summed E-state index contributed by atoms with van der Waals surface area (Å²) in [5.41, 5.74) is 2.16. The van der Waals surface area contributed by atoms with Crippen LogP contribution in [0.15, 0.2) is 46.9 Å². The van der Waals surface area contributed by atoms with Gasteiger partial charge in [-0.1, -0.05) is 22.0 Å². The number of rotatable bonds is 6. The van der Waals surface area contributed by atoms with Gasteiger partial charge in [0, 0.05) is 27.9 Å². The Morgan fingerprint density at radius 3 is 2.73 bits per heavy atom. The first-order chi connectivity index (χ1) is 10.6. The molecule has 116 valence electrons. The van der Waals surface area contributed by atoms with E-state index in [9.17, 15) is 4.79 Å². The van der Waals surface area contributed by atoms with Crippen LogP contribution in [-0.4, -0.2) is 19.6 Å². The summed E-state index contributed by atoms with van der Waals surface area (Å²) >= 11 is 3.38. The number of benzene rings is 2. The maximum Gasteiger partial charge on any atom is 0.255 e. The number of anilines is 1. The predicted octanol–water partition coefficient (Wildman–Crippen LogP) is 4.25. The third-order valence-electron chi connectivity index (χ3n) is 3.09. The highest BCUT2D eigenvalue weighted by Gasteiger charge is 2.11. The van der Waals surface area contributed by atoms with Crippen LogP contribution < -0.4 is 10.1 Å². The highest BCUT2D eigenvalue weighted by Crippen LogP contribution is 2.22. The topological polar surface area (TPSA) is 47.6 Å². The molecule has 5 heteroatoms. The molecule has 2 aromatic carbocycles. The quantitative estimate of drug-likeness (QED) is 0.834. The molecule has 0 saturated heterocycles. The molecule has 0 saturated carbocycles. The summed E-state index contributed by atoms with van der Waals surface area (Å²) in [7, 11) is 1.60. The van der Waals surface area contributed by atoms with Gasteiger partial charge in [0.05, 0.1) is 13.7 Å². The molecule has 0 aliphatic rings. The van der Waals surface area contributed by atoms with Crippen LogP contribution in [0.3, 0.4) is 0 Å². The second kappa shape index (κ2) is 7.96. The van der Waals surface area contributed by atoms with Gasteiger partial charge >= 0.3 is 0 Å². The Labute approximate surface area is 138 Å². The van der Waals surface area contributed by atoms with Crippen molar-refractivity contribution in [1.82, 2.24) is 0 Å². The predicted molar refractivity (Wildman–Crippen MR) is 90.4 cm³/mol. The van der Waals surface area contributed by atoms with E-state index < -0.39 is 0 Å². The lowest BCUT2D eigenvalue weighted by Crippen LogP contribution is -2.12. The van der Waals surface area contributed by atoms with Crippen molar-refractivity contribution in [2.24, 2.45) is 0 Å². The van der Waals surface area contributed by atoms with Gasteiger partial charge in [-0.3, -0.25) is 4.79 Å². The second-order valence-corrected chi connectivity index (χ2v) is 5.54. The van der Waals surface area contributed by atoms with E-state index in [-0.39, 0.29) is 5.91 Å². The van der Waals surface area contributed by atoms with Crippen LogP contribution in [0.25, 0.3) is 0 Å². The van der Waals surface area contributed by atoms with Crippen molar-refractivity contribution >= 4 is 27.5 Å². The van der Waals surface area contributed by atoms with E-state index in [0.29, 0.717) is 24.5 Å². The van der Waals surface area contributed by atoms with Crippen molar-refractivity contribution in [2.75, 3.05) is 19.0 Å². The standard InChI is InChI=1S/C17H18BrNO3/c1-3-22-11-13-9-12(7-8-16(13)21-2)17(20)19-15-6-4-5-14(18)10-15/h4-10H,3,11H2,1-2H3,(H,19,20). The number of methoxy groups -OCH3 is 1. The maximum absolute atomic E-state index is 12.3. The molecule has 0 heterocycles. The van der Waals surface area contributed by atoms with Crippen molar-refractivity contribution in [3.05, 3.63) is 58.1 Å². The van der Waals surface area contributed by atoms with Gasteiger partial charge in [-0.25, -0.2) is 0 Å². The summed E-state index contributed by atoms with van der Waals surface area (Å²) in [4.78, 5) is 12.3. The summed E-state index contributed by atoms with van der Waals surface area (Å²) in [6.07, 6.45) is 0.